The fourth-order valence-corrected chi connectivity index (χ4v) is 3.93. The summed E-state index contributed by atoms with van der Waals surface area (Å²) in [5.41, 5.74) is 4.74. The average molecular weight is 405 g/mol. The van der Waals surface area contributed by atoms with Crippen LogP contribution in [0.3, 0.4) is 0 Å². The van der Waals surface area contributed by atoms with Gasteiger partial charge in [0.2, 0.25) is 0 Å². The summed E-state index contributed by atoms with van der Waals surface area (Å²) >= 11 is 0. The Morgan fingerprint density at radius 1 is 1.17 bits per heavy atom. The van der Waals surface area contributed by atoms with E-state index in [0.717, 1.165) is 42.4 Å². The van der Waals surface area contributed by atoms with Gasteiger partial charge in [-0.05, 0) is 31.5 Å². The van der Waals surface area contributed by atoms with Gasteiger partial charge >= 0.3 is 0 Å². The lowest BCUT2D eigenvalue weighted by Gasteiger charge is -2.35. The maximum atomic E-state index is 12.7. The van der Waals surface area contributed by atoms with Gasteiger partial charge in [-0.15, -0.1) is 0 Å². The maximum absolute atomic E-state index is 12.7. The molecule has 0 saturated carbocycles. The van der Waals surface area contributed by atoms with Crippen LogP contribution in [0.15, 0.2) is 48.5 Å². The normalized spacial score (nSPS) is 16.5. The van der Waals surface area contributed by atoms with Crippen molar-refractivity contribution in [3.8, 4) is 0 Å². The fraction of sp³-hybridized carbons (Fsp3) is 0.348. The number of hydrogen-bond donors (Lipinski definition) is 2. The van der Waals surface area contributed by atoms with E-state index in [1.165, 1.54) is 5.56 Å². The quantitative estimate of drug-likeness (QED) is 0.684. The maximum Gasteiger partial charge on any atom is 0.270 e. The molecular weight excluding hydrogens is 376 g/mol. The van der Waals surface area contributed by atoms with E-state index in [1.807, 2.05) is 43.8 Å². The van der Waals surface area contributed by atoms with Crippen molar-refractivity contribution in [2.45, 2.75) is 26.4 Å². The Hall–Kier alpha value is -3.19. The molecule has 7 heteroatoms. The second-order valence-corrected chi connectivity index (χ2v) is 7.70. The standard InChI is InChI=1S/C23H28N6O/c1-16-19(17(2)28(3)27-16)14-25-23(30)20-10-7-11-22(26-20)29-13-12-24-21(15-29)18-8-5-4-6-9-18/h4-11,21,24H,12-15H2,1-3H3,(H,25,30)/t21-/m0/s1. The third-order valence-electron chi connectivity index (χ3n) is 5.75. The first-order chi connectivity index (χ1) is 14.5. The summed E-state index contributed by atoms with van der Waals surface area (Å²) in [7, 11) is 1.91. The molecule has 0 unspecified atom stereocenters. The molecule has 1 aliphatic heterocycles. The molecule has 0 radical (unpaired) electrons. The summed E-state index contributed by atoms with van der Waals surface area (Å²) in [6.45, 7) is 6.96. The predicted octanol–water partition coefficient (Wildman–Crippen LogP) is 2.51. The highest BCUT2D eigenvalue weighted by molar-refractivity contribution is 5.92. The van der Waals surface area contributed by atoms with E-state index in [4.69, 9.17) is 0 Å². The molecule has 7 nitrogen and oxygen atoms in total. The second-order valence-electron chi connectivity index (χ2n) is 7.70. The molecule has 4 rings (SSSR count). The van der Waals surface area contributed by atoms with Gasteiger partial charge in [-0.25, -0.2) is 4.98 Å². The second kappa shape index (κ2) is 8.67. The molecule has 1 atom stereocenters. The van der Waals surface area contributed by atoms with E-state index in [0.29, 0.717) is 12.2 Å². The molecule has 2 N–H and O–H groups in total. The smallest absolute Gasteiger partial charge is 0.270 e. The summed E-state index contributed by atoms with van der Waals surface area (Å²) in [5, 5.41) is 11.0. The summed E-state index contributed by atoms with van der Waals surface area (Å²) < 4.78 is 1.84. The van der Waals surface area contributed by atoms with E-state index in [1.54, 1.807) is 6.07 Å². The summed E-state index contributed by atoms with van der Waals surface area (Å²) in [4.78, 5) is 19.6. The first-order valence-corrected chi connectivity index (χ1v) is 10.3. The minimum absolute atomic E-state index is 0.172. The number of nitrogens with one attached hydrogen (secondary N) is 2. The number of nitrogens with zero attached hydrogens (tertiary/aromatic N) is 4. The van der Waals surface area contributed by atoms with Crippen LogP contribution in [0.25, 0.3) is 0 Å². The number of carbonyl (C=O) groups excluding carboxylic acids is 1. The van der Waals surface area contributed by atoms with Crippen LogP contribution in [0.1, 0.15) is 39.0 Å². The van der Waals surface area contributed by atoms with Crippen LogP contribution >= 0.6 is 0 Å². The van der Waals surface area contributed by atoms with Gasteiger partial charge in [0.05, 0.1) is 5.69 Å². The van der Waals surface area contributed by atoms with Gasteiger partial charge in [0.1, 0.15) is 11.5 Å². The Morgan fingerprint density at radius 3 is 2.70 bits per heavy atom. The van der Waals surface area contributed by atoms with Crippen molar-refractivity contribution >= 4 is 11.7 Å². The molecule has 0 bridgehead atoms. The van der Waals surface area contributed by atoms with Gasteiger partial charge in [0, 0.05) is 50.5 Å². The molecule has 0 aliphatic carbocycles. The molecule has 1 fully saturated rings. The van der Waals surface area contributed by atoms with Crippen molar-refractivity contribution in [2.24, 2.45) is 7.05 Å². The van der Waals surface area contributed by atoms with E-state index in [2.05, 4.69) is 49.9 Å². The zero-order chi connectivity index (χ0) is 21.1. The van der Waals surface area contributed by atoms with Gasteiger partial charge < -0.3 is 15.5 Å². The molecule has 1 aromatic carbocycles. The molecule has 1 amide bonds. The lowest BCUT2D eigenvalue weighted by Crippen LogP contribution is -2.46. The molecule has 2 aromatic heterocycles. The summed E-state index contributed by atoms with van der Waals surface area (Å²) in [6.07, 6.45) is 0. The molecule has 30 heavy (non-hydrogen) atoms. The molecule has 1 aliphatic rings. The minimum Gasteiger partial charge on any atom is -0.353 e. The monoisotopic (exact) mass is 404 g/mol. The third-order valence-corrected chi connectivity index (χ3v) is 5.75. The Morgan fingerprint density at radius 2 is 1.97 bits per heavy atom. The number of hydrogen-bond acceptors (Lipinski definition) is 5. The fourth-order valence-electron chi connectivity index (χ4n) is 3.93. The van der Waals surface area contributed by atoms with Crippen LogP contribution in [0.4, 0.5) is 5.82 Å². The number of rotatable bonds is 5. The number of aryl methyl sites for hydroxylation is 2. The van der Waals surface area contributed by atoms with Crippen LogP contribution in [0.5, 0.6) is 0 Å². The third kappa shape index (κ3) is 4.21. The van der Waals surface area contributed by atoms with Gasteiger partial charge in [0.25, 0.3) is 5.91 Å². The zero-order valence-corrected chi connectivity index (χ0v) is 17.7. The SMILES string of the molecule is Cc1nn(C)c(C)c1CNC(=O)c1cccc(N2CCN[C@H](c3ccccc3)C2)n1. The number of pyridine rings is 1. The van der Waals surface area contributed by atoms with Gasteiger partial charge in [-0.2, -0.15) is 5.10 Å². The topological polar surface area (TPSA) is 75.1 Å². The highest BCUT2D eigenvalue weighted by atomic mass is 16.1. The van der Waals surface area contributed by atoms with E-state index >= 15 is 0 Å². The highest BCUT2D eigenvalue weighted by Gasteiger charge is 2.22. The van der Waals surface area contributed by atoms with Crippen LogP contribution in [0.2, 0.25) is 0 Å². The Kier molecular flexibility index (Phi) is 5.81. The number of aromatic nitrogens is 3. The Balaban J connectivity index is 1.45. The lowest BCUT2D eigenvalue weighted by molar-refractivity contribution is 0.0946. The molecule has 156 valence electrons. The van der Waals surface area contributed by atoms with Crippen LogP contribution in [0, 0.1) is 13.8 Å². The molecule has 1 saturated heterocycles. The Bertz CT molecular complexity index is 1030. The summed E-state index contributed by atoms with van der Waals surface area (Å²) in [6, 6.07) is 16.3. The lowest BCUT2D eigenvalue weighted by atomic mass is 10.0. The molecule has 0 spiro atoms. The zero-order valence-electron chi connectivity index (χ0n) is 17.7. The average Bonchev–Trinajstić information content (AvgIpc) is 3.03. The Labute approximate surface area is 177 Å². The van der Waals surface area contributed by atoms with Crippen molar-refractivity contribution < 1.29 is 4.79 Å². The minimum atomic E-state index is -0.172. The number of amides is 1. The van der Waals surface area contributed by atoms with Crippen LogP contribution in [-0.4, -0.2) is 40.3 Å². The van der Waals surface area contributed by atoms with Gasteiger partial charge in [-0.3, -0.25) is 9.48 Å². The first-order valence-electron chi connectivity index (χ1n) is 10.3. The first kappa shape index (κ1) is 20.1. The predicted molar refractivity (Wildman–Crippen MR) is 117 cm³/mol. The van der Waals surface area contributed by atoms with E-state index in [-0.39, 0.29) is 11.9 Å². The van der Waals surface area contributed by atoms with Crippen molar-refractivity contribution in [1.29, 1.82) is 0 Å². The van der Waals surface area contributed by atoms with Crippen LogP contribution in [-0.2, 0) is 13.6 Å². The molecule has 3 aromatic rings. The number of anilines is 1. The molecule has 3 heterocycles. The van der Waals surface area contributed by atoms with Gasteiger partial charge in [0.15, 0.2) is 0 Å². The largest absolute Gasteiger partial charge is 0.353 e. The van der Waals surface area contributed by atoms with Crippen LogP contribution < -0.4 is 15.5 Å². The van der Waals surface area contributed by atoms with Gasteiger partial charge in [-0.1, -0.05) is 36.4 Å². The van der Waals surface area contributed by atoms with Crippen molar-refractivity contribution in [1.82, 2.24) is 25.4 Å². The number of carbonyl (C=O) groups is 1. The van der Waals surface area contributed by atoms with Crippen molar-refractivity contribution in [2.75, 3.05) is 24.5 Å². The van der Waals surface area contributed by atoms with E-state index in [9.17, 15) is 4.79 Å². The highest BCUT2D eigenvalue weighted by Crippen LogP contribution is 2.21. The van der Waals surface area contributed by atoms with Crippen molar-refractivity contribution in [3.63, 3.8) is 0 Å². The van der Waals surface area contributed by atoms with Crippen molar-refractivity contribution in [3.05, 3.63) is 76.7 Å². The van der Waals surface area contributed by atoms with E-state index < -0.39 is 0 Å². The molecular formula is C23H28N6O. The number of piperazine rings is 1. The summed E-state index contributed by atoms with van der Waals surface area (Å²) in [5.74, 6) is 0.660. The number of benzene rings is 1.